The summed E-state index contributed by atoms with van der Waals surface area (Å²) in [6.45, 7) is 8.79. The Kier molecular flexibility index (Phi) is 4.70. The Labute approximate surface area is 129 Å². The number of anilines is 2. The number of ether oxygens (including phenoxy) is 1. The van der Waals surface area contributed by atoms with Gasteiger partial charge < -0.3 is 15.4 Å². The highest BCUT2D eigenvalue weighted by atomic mass is 16.5. The van der Waals surface area contributed by atoms with Gasteiger partial charge in [0.15, 0.2) is 0 Å². The molecule has 0 bridgehead atoms. The molecule has 1 aliphatic carbocycles. The van der Waals surface area contributed by atoms with E-state index in [9.17, 15) is 0 Å². The molecular weight excluding hydrogens is 260 g/mol. The van der Waals surface area contributed by atoms with E-state index in [1.807, 2.05) is 26.0 Å². The predicted octanol–water partition coefficient (Wildman–Crippen LogP) is 4.46. The van der Waals surface area contributed by atoms with Crippen LogP contribution in [0, 0.1) is 5.41 Å². The largest absolute Gasteiger partial charge is 0.489 e. The van der Waals surface area contributed by atoms with Gasteiger partial charge in [-0.15, -0.1) is 0 Å². The fraction of sp³-hybridized carbons (Fsp3) is 0.667. The molecule has 1 aliphatic rings. The van der Waals surface area contributed by atoms with Crippen LogP contribution >= 0.6 is 0 Å². The smallest absolute Gasteiger partial charge is 0.144 e. The van der Waals surface area contributed by atoms with Crippen LogP contribution in [0.4, 0.5) is 11.4 Å². The van der Waals surface area contributed by atoms with Gasteiger partial charge in [0, 0.05) is 13.1 Å². The Morgan fingerprint density at radius 1 is 1.24 bits per heavy atom. The Morgan fingerprint density at radius 2 is 1.86 bits per heavy atom. The maximum Gasteiger partial charge on any atom is 0.144 e. The van der Waals surface area contributed by atoms with Crippen molar-refractivity contribution in [2.75, 3.05) is 17.7 Å². The molecule has 21 heavy (non-hydrogen) atoms. The van der Waals surface area contributed by atoms with Gasteiger partial charge in [-0.2, -0.15) is 0 Å². The van der Waals surface area contributed by atoms with Crippen molar-refractivity contribution in [3.8, 4) is 5.75 Å². The Hall–Kier alpha value is -1.38. The normalized spacial score (nSPS) is 18.8. The molecular formula is C18H30N2O. The van der Waals surface area contributed by atoms with Crippen LogP contribution in [-0.2, 0) is 0 Å². The molecule has 0 heterocycles. The van der Waals surface area contributed by atoms with Crippen molar-refractivity contribution in [1.29, 1.82) is 0 Å². The summed E-state index contributed by atoms with van der Waals surface area (Å²) in [5, 5.41) is 0. The highest BCUT2D eigenvalue weighted by Gasteiger charge is 2.29. The van der Waals surface area contributed by atoms with Crippen LogP contribution < -0.4 is 15.4 Å². The minimum absolute atomic E-state index is 0.142. The van der Waals surface area contributed by atoms with Crippen molar-refractivity contribution in [1.82, 2.24) is 0 Å². The zero-order valence-electron chi connectivity index (χ0n) is 14.1. The summed E-state index contributed by atoms with van der Waals surface area (Å²) in [6, 6.07) is 6.67. The van der Waals surface area contributed by atoms with E-state index in [-0.39, 0.29) is 6.10 Å². The van der Waals surface area contributed by atoms with Gasteiger partial charge in [-0.1, -0.05) is 19.9 Å². The van der Waals surface area contributed by atoms with Crippen LogP contribution in [0.3, 0.4) is 0 Å². The number of rotatable bonds is 4. The molecule has 3 nitrogen and oxygen atoms in total. The van der Waals surface area contributed by atoms with Crippen LogP contribution in [-0.4, -0.2) is 19.2 Å². The van der Waals surface area contributed by atoms with Crippen LogP contribution in [0.1, 0.15) is 53.4 Å². The van der Waals surface area contributed by atoms with Crippen molar-refractivity contribution < 1.29 is 4.74 Å². The number of hydrogen-bond acceptors (Lipinski definition) is 3. The molecule has 0 unspecified atom stereocenters. The summed E-state index contributed by atoms with van der Waals surface area (Å²) >= 11 is 0. The quantitative estimate of drug-likeness (QED) is 0.832. The van der Waals surface area contributed by atoms with E-state index in [4.69, 9.17) is 10.5 Å². The third-order valence-electron chi connectivity index (χ3n) is 4.64. The zero-order chi connectivity index (χ0) is 15.6. The van der Waals surface area contributed by atoms with E-state index in [0.29, 0.717) is 11.5 Å². The molecule has 0 radical (unpaired) electrons. The topological polar surface area (TPSA) is 38.5 Å². The lowest BCUT2D eigenvalue weighted by atomic mass is 9.75. The fourth-order valence-corrected chi connectivity index (χ4v) is 3.16. The molecule has 2 rings (SSSR count). The summed E-state index contributed by atoms with van der Waals surface area (Å²) in [5.74, 6) is 0.797. The summed E-state index contributed by atoms with van der Waals surface area (Å²) in [4.78, 5) is 2.35. The van der Waals surface area contributed by atoms with Crippen LogP contribution in [0.2, 0.25) is 0 Å². The molecule has 0 aliphatic heterocycles. The molecule has 1 aromatic rings. The molecule has 1 fully saturated rings. The average molecular weight is 290 g/mol. The van der Waals surface area contributed by atoms with Gasteiger partial charge in [-0.25, -0.2) is 0 Å². The van der Waals surface area contributed by atoms with Gasteiger partial charge in [-0.3, -0.25) is 0 Å². The standard InChI is InChI=1S/C18H30N2O/c1-13(2)21-16-8-6-7-15(17(16)19)20(5)14-9-11-18(3,4)12-10-14/h6-8,13-14H,9-12,19H2,1-5H3. The summed E-state index contributed by atoms with van der Waals surface area (Å²) in [6.07, 6.45) is 5.17. The first kappa shape index (κ1) is 16.0. The lowest BCUT2D eigenvalue weighted by molar-refractivity contribution is 0.222. The highest BCUT2D eigenvalue weighted by Crippen LogP contribution is 2.40. The number of hydrogen-bond donors (Lipinski definition) is 1. The summed E-state index contributed by atoms with van der Waals surface area (Å²) < 4.78 is 5.80. The third-order valence-corrected chi connectivity index (χ3v) is 4.64. The molecule has 0 spiro atoms. The van der Waals surface area contributed by atoms with E-state index in [1.54, 1.807) is 0 Å². The Balaban J connectivity index is 2.14. The maximum atomic E-state index is 6.33. The Morgan fingerprint density at radius 3 is 2.43 bits per heavy atom. The zero-order valence-corrected chi connectivity index (χ0v) is 14.1. The van der Waals surface area contributed by atoms with E-state index in [1.165, 1.54) is 25.7 Å². The SMILES string of the molecule is CC(C)Oc1cccc(N(C)C2CCC(C)(C)CC2)c1N. The van der Waals surface area contributed by atoms with Gasteiger partial charge in [0.1, 0.15) is 5.75 Å². The molecule has 3 heteroatoms. The number of nitrogens with zero attached hydrogens (tertiary/aromatic N) is 1. The van der Waals surface area contributed by atoms with Gasteiger partial charge >= 0.3 is 0 Å². The second kappa shape index (κ2) is 6.17. The minimum Gasteiger partial charge on any atom is -0.489 e. The van der Waals surface area contributed by atoms with Gasteiger partial charge in [0.25, 0.3) is 0 Å². The number of nitrogen functional groups attached to an aromatic ring is 1. The van der Waals surface area contributed by atoms with Gasteiger partial charge in [0.2, 0.25) is 0 Å². The van der Waals surface area contributed by atoms with Crippen molar-refractivity contribution in [3.05, 3.63) is 18.2 Å². The molecule has 0 saturated heterocycles. The highest BCUT2D eigenvalue weighted by molar-refractivity contribution is 5.74. The predicted molar refractivity (Wildman–Crippen MR) is 91.1 cm³/mol. The molecule has 0 atom stereocenters. The summed E-state index contributed by atoms with van der Waals surface area (Å²) in [5.41, 5.74) is 8.68. The second-order valence-electron chi connectivity index (χ2n) is 7.36. The minimum atomic E-state index is 0.142. The van der Waals surface area contributed by atoms with Crippen LogP contribution in [0.15, 0.2) is 18.2 Å². The monoisotopic (exact) mass is 290 g/mol. The lowest BCUT2D eigenvalue weighted by Gasteiger charge is -2.40. The molecule has 2 N–H and O–H groups in total. The third kappa shape index (κ3) is 3.84. The van der Waals surface area contributed by atoms with E-state index in [0.717, 1.165) is 17.1 Å². The Bertz CT molecular complexity index is 472. The number of nitrogens with two attached hydrogens (primary N) is 1. The van der Waals surface area contributed by atoms with Gasteiger partial charge in [-0.05, 0) is 57.1 Å². The lowest BCUT2D eigenvalue weighted by Crippen LogP contribution is -2.37. The van der Waals surface area contributed by atoms with Gasteiger partial charge in [0.05, 0.1) is 17.5 Å². The number of para-hydroxylation sites is 1. The average Bonchev–Trinajstić information content (AvgIpc) is 2.40. The van der Waals surface area contributed by atoms with E-state index >= 15 is 0 Å². The van der Waals surface area contributed by atoms with E-state index in [2.05, 4.69) is 31.9 Å². The van der Waals surface area contributed by atoms with Crippen LogP contribution in [0.25, 0.3) is 0 Å². The van der Waals surface area contributed by atoms with Crippen molar-refractivity contribution >= 4 is 11.4 Å². The molecule has 1 aromatic carbocycles. The van der Waals surface area contributed by atoms with Crippen molar-refractivity contribution in [2.24, 2.45) is 5.41 Å². The van der Waals surface area contributed by atoms with Crippen molar-refractivity contribution in [2.45, 2.75) is 65.5 Å². The number of benzene rings is 1. The van der Waals surface area contributed by atoms with Crippen LogP contribution in [0.5, 0.6) is 5.75 Å². The molecule has 1 saturated carbocycles. The summed E-state index contributed by atoms with van der Waals surface area (Å²) in [7, 11) is 2.16. The first-order valence-corrected chi connectivity index (χ1v) is 8.08. The maximum absolute atomic E-state index is 6.33. The fourth-order valence-electron chi connectivity index (χ4n) is 3.16. The first-order valence-electron chi connectivity index (χ1n) is 8.08. The van der Waals surface area contributed by atoms with Crippen molar-refractivity contribution in [3.63, 3.8) is 0 Å². The first-order chi connectivity index (χ1) is 9.80. The molecule has 118 valence electrons. The second-order valence-corrected chi connectivity index (χ2v) is 7.36. The molecule has 0 amide bonds. The van der Waals surface area contributed by atoms with E-state index < -0.39 is 0 Å². The molecule has 0 aromatic heterocycles.